The Bertz CT molecular complexity index is 542. The molecule has 4 aliphatic rings. The first-order valence-electron chi connectivity index (χ1n) is 9.42. The molecule has 0 N–H and O–H groups in total. The van der Waals surface area contributed by atoms with Crippen molar-refractivity contribution in [2.75, 3.05) is 6.26 Å². The van der Waals surface area contributed by atoms with Crippen molar-refractivity contribution in [2.24, 2.45) is 28.6 Å². The minimum Gasteiger partial charge on any atom is -0.312 e. The molecule has 0 heterocycles. The molecule has 4 rings (SSSR count). The lowest BCUT2D eigenvalue weighted by Crippen LogP contribution is -2.51. The molecule has 2 nitrogen and oxygen atoms in total. The number of ketones is 1. The molecule has 0 aliphatic heterocycles. The standard InChI is InChI=1S/C20H30O2S/c1-19-10-8-14(21)12-13(19)4-5-15-16-6-7-18(22-23-3)20(16,2)11-9-17(15)19/h12,15-18H,4-11H2,1-3H3. The minimum atomic E-state index is 0.302. The van der Waals surface area contributed by atoms with Crippen molar-refractivity contribution in [3.8, 4) is 0 Å². The minimum absolute atomic E-state index is 0.302. The third kappa shape index (κ3) is 2.29. The Morgan fingerprint density at radius 1 is 1.09 bits per heavy atom. The van der Waals surface area contributed by atoms with Gasteiger partial charge in [0.2, 0.25) is 0 Å². The van der Waals surface area contributed by atoms with Gasteiger partial charge in [0.1, 0.15) is 0 Å². The van der Waals surface area contributed by atoms with Gasteiger partial charge in [-0.2, -0.15) is 0 Å². The van der Waals surface area contributed by atoms with Gasteiger partial charge >= 0.3 is 0 Å². The Labute approximate surface area is 145 Å². The quantitative estimate of drug-likeness (QED) is 0.651. The first kappa shape index (κ1) is 16.2. The fourth-order valence-corrected chi connectivity index (χ4v) is 7.33. The Morgan fingerprint density at radius 3 is 2.70 bits per heavy atom. The van der Waals surface area contributed by atoms with Crippen molar-refractivity contribution < 1.29 is 8.98 Å². The summed E-state index contributed by atoms with van der Waals surface area (Å²) in [6, 6.07) is 0. The van der Waals surface area contributed by atoms with E-state index in [-0.39, 0.29) is 0 Å². The number of fused-ring (bicyclic) bond motifs is 5. The van der Waals surface area contributed by atoms with Gasteiger partial charge in [-0.15, -0.1) is 0 Å². The molecule has 0 spiro atoms. The van der Waals surface area contributed by atoms with Gasteiger partial charge in [-0.3, -0.25) is 4.79 Å². The van der Waals surface area contributed by atoms with Crippen molar-refractivity contribution in [1.29, 1.82) is 0 Å². The van der Waals surface area contributed by atoms with Crippen LogP contribution in [-0.4, -0.2) is 18.1 Å². The summed E-state index contributed by atoms with van der Waals surface area (Å²) in [5.74, 6) is 2.83. The van der Waals surface area contributed by atoms with Crippen LogP contribution in [0.3, 0.4) is 0 Å². The average Bonchev–Trinajstić information content (AvgIpc) is 2.85. The zero-order valence-corrected chi connectivity index (χ0v) is 15.6. The summed E-state index contributed by atoms with van der Waals surface area (Å²) in [5.41, 5.74) is 2.16. The predicted molar refractivity (Wildman–Crippen MR) is 95.1 cm³/mol. The molecule has 128 valence electrons. The second-order valence-corrected chi connectivity index (χ2v) is 9.37. The molecule has 0 bridgehead atoms. The Balaban J connectivity index is 1.63. The largest absolute Gasteiger partial charge is 0.312 e. The van der Waals surface area contributed by atoms with Crippen LogP contribution in [0.15, 0.2) is 11.6 Å². The number of hydrogen-bond acceptors (Lipinski definition) is 3. The van der Waals surface area contributed by atoms with Gasteiger partial charge in [-0.1, -0.05) is 19.4 Å². The Morgan fingerprint density at radius 2 is 1.91 bits per heavy atom. The highest BCUT2D eigenvalue weighted by atomic mass is 32.2. The van der Waals surface area contributed by atoms with Crippen molar-refractivity contribution in [3.05, 3.63) is 11.6 Å². The molecule has 4 aliphatic carbocycles. The van der Waals surface area contributed by atoms with Crippen molar-refractivity contribution in [3.63, 3.8) is 0 Å². The third-order valence-corrected chi connectivity index (χ3v) is 8.51. The molecule has 23 heavy (non-hydrogen) atoms. The lowest BCUT2D eigenvalue weighted by molar-refractivity contribution is -0.117. The third-order valence-electron chi connectivity index (χ3n) is 8.09. The summed E-state index contributed by atoms with van der Waals surface area (Å²) in [6.45, 7) is 4.97. The van der Waals surface area contributed by atoms with E-state index in [1.807, 2.05) is 6.08 Å². The predicted octanol–water partition coefficient (Wildman–Crippen LogP) is 5.18. The van der Waals surface area contributed by atoms with Crippen LogP contribution in [0.5, 0.6) is 0 Å². The maximum atomic E-state index is 11.9. The van der Waals surface area contributed by atoms with E-state index in [4.69, 9.17) is 4.18 Å². The highest BCUT2D eigenvalue weighted by molar-refractivity contribution is 7.93. The summed E-state index contributed by atoms with van der Waals surface area (Å²) < 4.78 is 6.06. The second kappa shape index (κ2) is 5.62. The van der Waals surface area contributed by atoms with E-state index in [2.05, 4.69) is 20.1 Å². The Hall–Kier alpha value is -0.280. The van der Waals surface area contributed by atoms with E-state index in [1.54, 1.807) is 12.0 Å². The maximum Gasteiger partial charge on any atom is 0.155 e. The molecule has 0 aromatic carbocycles. The first-order chi connectivity index (χ1) is 11.0. The highest BCUT2D eigenvalue weighted by Gasteiger charge is 2.59. The highest BCUT2D eigenvalue weighted by Crippen LogP contribution is 2.65. The van der Waals surface area contributed by atoms with Crippen LogP contribution in [0.25, 0.3) is 0 Å². The van der Waals surface area contributed by atoms with E-state index in [9.17, 15) is 4.79 Å². The fraction of sp³-hybridized carbons (Fsp3) is 0.850. The molecular weight excluding hydrogens is 304 g/mol. The SMILES string of the molecule is CSOC1CCC2C3CCC4=CC(=O)CCC4(C)C3CCC12C. The van der Waals surface area contributed by atoms with E-state index < -0.39 is 0 Å². The molecule has 3 saturated carbocycles. The number of allylic oxidation sites excluding steroid dienone is 1. The molecule has 3 fully saturated rings. The van der Waals surface area contributed by atoms with Crippen LogP contribution in [0.1, 0.15) is 65.2 Å². The summed E-state index contributed by atoms with van der Waals surface area (Å²) >= 11 is 1.55. The zero-order valence-electron chi connectivity index (χ0n) is 14.8. The molecule has 0 aromatic rings. The first-order valence-corrected chi connectivity index (χ1v) is 10.6. The lowest BCUT2D eigenvalue weighted by Gasteiger charge is -2.57. The summed E-state index contributed by atoms with van der Waals surface area (Å²) in [5, 5.41) is 0. The van der Waals surface area contributed by atoms with E-state index in [1.165, 1.54) is 37.7 Å². The van der Waals surface area contributed by atoms with Crippen LogP contribution in [0.4, 0.5) is 0 Å². The van der Waals surface area contributed by atoms with Gasteiger partial charge in [0.05, 0.1) is 6.10 Å². The smallest absolute Gasteiger partial charge is 0.155 e. The monoisotopic (exact) mass is 334 g/mol. The normalized spacial score (nSPS) is 49.2. The molecule has 0 radical (unpaired) electrons. The van der Waals surface area contributed by atoms with Crippen LogP contribution in [0.2, 0.25) is 0 Å². The number of rotatable bonds is 2. The zero-order chi connectivity index (χ0) is 16.2. The van der Waals surface area contributed by atoms with E-state index in [0.717, 1.165) is 37.0 Å². The molecule has 3 heteroatoms. The van der Waals surface area contributed by atoms with Crippen LogP contribution >= 0.6 is 12.0 Å². The van der Waals surface area contributed by atoms with Crippen molar-refractivity contribution >= 4 is 17.8 Å². The van der Waals surface area contributed by atoms with Crippen LogP contribution in [-0.2, 0) is 8.98 Å². The summed E-state index contributed by atoms with van der Waals surface area (Å²) in [4.78, 5) is 11.9. The lowest BCUT2D eigenvalue weighted by atomic mass is 9.47. The van der Waals surface area contributed by atoms with Gasteiger partial charge < -0.3 is 4.18 Å². The molecule has 0 saturated heterocycles. The average molecular weight is 335 g/mol. The maximum absolute atomic E-state index is 11.9. The summed E-state index contributed by atoms with van der Waals surface area (Å²) in [6.07, 6.45) is 14.0. The fourth-order valence-electron chi connectivity index (χ4n) is 6.79. The van der Waals surface area contributed by atoms with Crippen LogP contribution in [0, 0.1) is 28.6 Å². The van der Waals surface area contributed by atoms with E-state index >= 15 is 0 Å². The molecule has 0 amide bonds. The topological polar surface area (TPSA) is 26.3 Å². The summed E-state index contributed by atoms with van der Waals surface area (Å²) in [7, 11) is 0. The Kier molecular flexibility index (Phi) is 3.96. The number of carbonyl (C=O) groups is 1. The van der Waals surface area contributed by atoms with Gasteiger partial charge in [-0.05, 0) is 91.6 Å². The van der Waals surface area contributed by atoms with Gasteiger partial charge in [-0.25, -0.2) is 0 Å². The van der Waals surface area contributed by atoms with Gasteiger partial charge in [0, 0.05) is 12.7 Å². The number of carbonyl (C=O) groups excluding carboxylic acids is 1. The van der Waals surface area contributed by atoms with Gasteiger partial charge in [0.15, 0.2) is 5.78 Å². The molecule has 6 atom stereocenters. The van der Waals surface area contributed by atoms with Gasteiger partial charge in [0.25, 0.3) is 0 Å². The molecular formula is C20H30O2S. The molecule has 6 unspecified atom stereocenters. The van der Waals surface area contributed by atoms with Crippen molar-refractivity contribution in [2.45, 2.75) is 71.3 Å². The number of hydrogen-bond donors (Lipinski definition) is 0. The second-order valence-electron chi connectivity index (χ2n) is 8.84. The van der Waals surface area contributed by atoms with E-state index in [0.29, 0.717) is 22.7 Å². The van der Waals surface area contributed by atoms with Crippen LogP contribution < -0.4 is 0 Å². The van der Waals surface area contributed by atoms with Crippen molar-refractivity contribution in [1.82, 2.24) is 0 Å². The molecule has 0 aromatic heterocycles.